The number of amides is 1. The second-order valence-electron chi connectivity index (χ2n) is 7.97. The largest absolute Gasteiger partial charge is 0.379 e. The van der Waals surface area contributed by atoms with E-state index in [1.54, 1.807) is 6.07 Å². The van der Waals surface area contributed by atoms with Crippen molar-refractivity contribution in [2.45, 2.75) is 11.4 Å². The van der Waals surface area contributed by atoms with Crippen LogP contribution in [0.4, 0.5) is 0 Å². The van der Waals surface area contributed by atoms with E-state index in [9.17, 15) is 13.2 Å². The average Bonchev–Trinajstić information content (AvgIpc) is 3.37. The van der Waals surface area contributed by atoms with E-state index in [2.05, 4.69) is 10.5 Å². The number of hydrogen-bond acceptors (Lipinski definition) is 6. The number of fused-ring (bicyclic) bond motifs is 1. The Morgan fingerprint density at radius 3 is 2.44 bits per heavy atom. The highest BCUT2D eigenvalue weighted by Crippen LogP contribution is 2.25. The fourth-order valence-corrected chi connectivity index (χ4v) is 5.27. The van der Waals surface area contributed by atoms with Crippen LogP contribution in [0, 0.1) is 0 Å². The maximum absolute atomic E-state index is 12.7. The molecule has 1 aromatic heterocycles. The molecule has 1 aliphatic rings. The Hall–Kier alpha value is -3.53. The molecule has 4 aromatic rings. The predicted molar refractivity (Wildman–Crippen MR) is 127 cm³/mol. The third-order valence-corrected chi connectivity index (χ3v) is 7.66. The lowest BCUT2D eigenvalue weighted by molar-refractivity contribution is 0.0730. The molecule has 2 heterocycles. The van der Waals surface area contributed by atoms with Crippen molar-refractivity contribution < 1.29 is 22.5 Å². The molecule has 9 heteroatoms. The highest BCUT2D eigenvalue weighted by molar-refractivity contribution is 7.89. The Labute approximate surface area is 197 Å². The van der Waals surface area contributed by atoms with Crippen molar-refractivity contribution in [2.24, 2.45) is 0 Å². The molecular formula is C25H23N3O5S. The number of benzene rings is 3. The lowest BCUT2D eigenvalue weighted by Gasteiger charge is -2.26. The zero-order valence-electron chi connectivity index (χ0n) is 18.3. The van der Waals surface area contributed by atoms with Gasteiger partial charge in [-0.2, -0.15) is 4.31 Å². The number of carbonyl (C=O) groups excluding carboxylic acids is 1. The molecule has 0 atom stereocenters. The molecule has 0 aliphatic carbocycles. The fraction of sp³-hybridized carbons (Fsp3) is 0.200. The normalized spacial score (nSPS) is 14.8. The van der Waals surface area contributed by atoms with Crippen molar-refractivity contribution >= 4 is 26.7 Å². The van der Waals surface area contributed by atoms with E-state index in [4.69, 9.17) is 9.26 Å². The van der Waals surface area contributed by atoms with Gasteiger partial charge in [0.1, 0.15) is 5.69 Å². The van der Waals surface area contributed by atoms with Crippen LogP contribution in [0.15, 0.2) is 82.2 Å². The van der Waals surface area contributed by atoms with E-state index in [-0.39, 0.29) is 17.3 Å². The minimum atomic E-state index is -3.60. The number of carbonyl (C=O) groups is 1. The van der Waals surface area contributed by atoms with Gasteiger partial charge in [0.05, 0.1) is 24.7 Å². The molecule has 8 nitrogen and oxygen atoms in total. The van der Waals surface area contributed by atoms with Gasteiger partial charge in [-0.15, -0.1) is 0 Å². The summed E-state index contributed by atoms with van der Waals surface area (Å²) in [6.45, 7) is 1.59. The van der Waals surface area contributed by atoms with Crippen LogP contribution in [-0.2, 0) is 21.3 Å². The molecule has 1 fully saturated rings. The first-order valence-corrected chi connectivity index (χ1v) is 12.4. The van der Waals surface area contributed by atoms with Crippen LogP contribution in [0.2, 0.25) is 0 Å². The predicted octanol–water partition coefficient (Wildman–Crippen LogP) is 3.45. The molecule has 0 bridgehead atoms. The smallest absolute Gasteiger partial charge is 0.251 e. The Bertz CT molecular complexity index is 1420. The molecule has 3 aromatic carbocycles. The quantitative estimate of drug-likeness (QED) is 0.457. The molecule has 5 rings (SSSR count). The van der Waals surface area contributed by atoms with Gasteiger partial charge in [-0.1, -0.05) is 41.6 Å². The van der Waals surface area contributed by atoms with Gasteiger partial charge in [0.15, 0.2) is 5.76 Å². The number of ether oxygens (including phenoxy) is 1. The molecule has 34 heavy (non-hydrogen) atoms. The fourth-order valence-electron chi connectivity index (χ4n) is 3.86. The lowest BCUT2D eigenvalue weighted by Crippen LogP contribution is -2.40. The van der Waals surface area contributed by atoms with Crippen LogP contribution in [0.5, 0.6) is 0 Å². The van der Waals surface area contributed by atoms with E-state index < -0.39 is 10.0 Å². The van der Waals surface area contributed by atoms with Gasteiger partial charge in [-0.05, 0) is 41.1 Å². The lowest BCUT2D eigenvalue weighted by atomic mass is 10.1. The van der Waals surface area contributed by atoms with Gasteiger partial charge in [0.25, 0.3) is 5.91 Å². The molecule has 0 saturated carbocycles. The average molecular weight is 478 g/mol. The minimum Gasteiger partial charge on any atom is -0.379 e. The topological polar surface area (TPSA) is 102 Å². The summed E-state index contributed by atoms with van der Waals surface area (Å²) in [5, 5.41) is 9.09. The van der Waals surface area contributed by atoms with E-state index in [0.29, 0.717) is 43.3 Å². The second-order valence-corrected chi connectivity index (χ2v) is 9.91. The highest BCUT2D eigenvalue weighted by atomic mass is 32.2. The number of hydrogen-bond donors (Lipinski definition) is 1. The molecule has 174 valence electrons. The summed E-state index contributed by atoms with van der Waals surface area (Å²) in [6, 6.07) is 21.8. The maximum atomic E-state index is 12.7. The molecule has 0 radical (unpaired) electrons. The van der Waals surface area contributed by atoms with Crippen LogP contribution >= 0.6 is 0 Å². The van der Waals surface area contributed by atoms with Crippen molar-refractivity contribution in [1.29, 1.82) is 0 Å². The third kappa shape index (κ3) is 4.58. The Kier molecular flexibility index (Phi) is 6.14. The van der Waals surface area contributed by atoms with E-state index in [1.807, 2.05) is 42.5 Å². The first-order valence-electron chi connectivity index (χ1n) is 10.9. The summed E-state index contributed by atoms with van der Waals surface area (Å²) in [5.74, 6) is 0.290. The summed E-state index contributed by atoms with van der Waals surface area (Å²) in [6.07, 6.45) is 0. The Balaban J connectivity index is 1.23. The van der Waals surface area contributed by atoms with Gasteiger partial charge in [0, 0.05) is 30.3 Å². The van der Waals surface area contributed by atoms with Crippen LogP contribution in [-0.4, -0.2) is 50.1 Å². The van der Waals surface area contributed by atoms with Crippen molar-refractivity contribution in [3.05, 3.63) is 84.1 Å². The number of nitrogens with zero attached hydrogens (tertiary/aromatic N) is 2. The Morgan fingerprint density at radius 2 is 1.68 bits per heavy atom. The summed E-state index contributed by atoms with van der Waals surface area (Å²) in [5.41, 5.74) is 1.85. The Morgan fingerprint density at radius 1 is 0.941 bits per heavy atom. The van der Waals surface area contributed by atoms with Crippen molar-refractivity contribution in [3.63, 3.8) is 0 Å². The molecule has 0 unspecified atom stereocenters. The first-order chi connectivity index (χ1) is 16.5. The van der Waals surface area contributed by atoms with Gasteiger partial charge < -0.3 is 14.6 Å². The summed E-state index contributed by atoms with van der Waals surface area (Å²) < 4.78 is 37.5. The molecule has 1 saturated heterocycles. The van der Waals surface area contributed by atoms with Crippen molar-refractivity contribution in [2.75, 3.05) is 26.3 Å². The maximum Gasteiger partial charge on any atom is 0.251 e. The number of sulfonamides is 1. The highest BCUT2D eigenvalue weighted by Gasteiger charge is 2.26. The zero-order chi connectivity index (χ0) is 23.5. The molecule has 1 N–H and O–H groups in total. The number of aromatic nitrogens is 1. The first kappa shape index (κ1) is 22.3. The summed E-state index contributed by atoms with van der Waals surface area (Å²) >= 11 is 0. The van der Waals surface area contributed by atoms with Crippen LogP contribution in [0.3, 0.4) is 0 Å². The summed E-state index contributed by atoms with van der Waals surface area (Å²) in [4.78, 5) is 12.7. The minimum absolute atomic E-state index is 0.155. The SMILES string of the molecule is O=C(NCc1cc(-c2ccc3ccccc3c2)on1)c1ccc(S(=O)(=O)N2CCOCC2)cc1. The van der Waals surface area contributed by atoms with Gasteiger partial charge >= 0.3 is 0 Å². The monoisotopic (exact) mass is 477 g/mol. The third-order valence-electron chi connectivity index (χ3n) is 5.75. The molecule has 1 amide bonds. The second kappa shape index (κ2) is 9.38. The van der Waals surface area contributed by atoms with Gasteiger partial charge in [-0.25, -0.2) is 8.42 Å². The molecule has 1 aliphatic heterocycles. The van der Waals surface area contributed by atoms with Crippen LogP contribution in [0.1, 0.15) is 16.1 Å². The number of nitrogens with one attached hydrogen (secondary N) is 1. The van der Waals surface area contributed by atoms with Gasteiger partial charge in [-0.3, -0.25) is 4.79 Å². The van der Waals surface area contributed by atoms with E-state index in [0.717, 1.165) is 16.3 Å². The zero-order valence-corrected chi connectivity index (χ0v) is 19.1. The van der Waals surface area contributed by atoms with Crippen molar-refractivity contribution in [1.82, 2.24) is 14.8 Å². The van der Waals surface area contributed by atoms with E-state index in [1.165, 1.54) is 28.6 Å². The van der Waals surface area contributed by atoms with Crippen LogP contribution in [0.25, 0.3) is 22.1 Å². The molecular weight excluding hydrogens is 454 g/mol. The van der Waals surface area contributed by atoms with Crippen molar-refractivity contribution in [3.8, 4) is 11.3 Å². The number of morpholine rings is 1. The van der Waals surface area contributed by atoms with Gasteiger partial charge in [0.2, 0.25) is 10.0 Å². The number of rotatable bonds is 6. The van der Waals surface area contributed by atoms with E-state index >= 15 is 0 Å². The van der Waals surface area contributed by atoms with Crippen LogP contribution < -0.4 is 5.32 Å². The standard InChI is InChI=1S/C25H23N3O5S/c29-25(19-7-9-23(10-8-19)34(30,31)28-11-13-32-14-12-28)26-17-22-16-24(33-27-22)21-6-5-18-3-1-2-4-20(18)15-21/h1-10,15-16H,11-14,17H2,(H,26,29). The molecule has 0 spiro atoms. The summed E-state index contributed by atoms with van der Waals surface area (Å²) in [7, 11) is -3.60.